The van der Waals surface area contributed by atoms with Crippen molar-refractivity contribution in [2.24, 2.45) is 10.1 Å². The van der Waals surface area contributed by atoms with E-state index >= 15 is 0 Å². The van der Waals surface area contributed by atoms with E-state index in [1.807, 2.05) is 0 Å². The lowest BCUT2D eigenvalue weighted by Crippen LogP contribution is -2.28. The molecule has 5 nitrogen and oxygen atoms in total. The maximum absolute atomic E-state index is 8.08. The molecule has 0 aromatic heterocycles. The number of nitrogens with one attached hydrogen (secondary N) is 1. The normalized spacial score (nSPS) is 17.9. The second kappa shape index (κ2) is 6.00. The molecule has 5 heteroatoms. The molecule has 0 radical (unpaired) electrons. The summed E-state index contributed by atoms with van der Waals surface area (Å²) in [6.45, 7) is 2.14. The van der Waals surface area contributed by atoms with Gasteiger partial charge in [-0.1, -0.05) is 0 Å². The molecule has 1 rings (SSSR count). The first-order chi connectivity index (χ1) is 6.43. The maximum atomic E-state index is 8.08. The van der Waals surface area contributed by atoms with Gasteiger partial charge >= 0.3 is 0 Å². The molecule has 70 valence electrons. The Bertz CT molecular complexity index is 221. The van der Waals surface area contributed by atoms with E-state index in [4.69, 9.17) is 5.26 Å². The van der Waals surface area contributed by atoms with Gasteiger partial charge in [0, 0.05) is 13.1 Å². The first-order valence-electron chi connectivity index (χ1n) is 4.36. The lowest BCUT2D eigenvalue weighted by atomic mass is 10.1. The summed E-state index contributed by atoms with van der Waals surface area (Å²) >= 11 is 0. The van der Waals surface area contributed by atoms with Gasteiger partial charge in [0.25, 0.3) is 0 Å². The molecule has 13 heavy (non-hydrogen) atoms. The van der Waals surface area contributed by atoms with Crippen LogP contribution in [-0.4, -0.2) is 30.7 Å². The number of hydrogen-bond donors (Lipinski definition) is 1. The Morgan fingerprint density at radius 1 is 1.31 bits per heavy atom. The quantitative estimate of drug-likeness (QED) is 0.226. The molecule has 1 fully saturated rings. The molecule has 1 aliphatic rings. The van der Waals surface area contributed by atoms with Gasteiger partial charge in [-0.3, -0.25) is 0 Å². The standard InChI is InChI=1S/C8H13N5/c9-6-11-12-7-10-8-13-4-2-1-3-5-13/h7-8,11H,1-5H2/b10-8?,12-7+. The molecule has 0 unspecified atom stereocenters. The Morgan fingerprint density at radius 3 is 2.77 bits per heavy atom. The van der Waals surface area contributed by atoms with Gasteiger partial charge in [0.1, 0.15) is 6.34 Å². The van der Waals surface area contributed by atoms with Crippen LogP contribution < -0.4 is 5.43 Å². The van der Waals surface area contributed by atoms with Crippen LogP contribution >= 0.6 is 0 Å². The summed E-state index contributed by atoms with van der Waals surface area (Å²) in [6.07, 6.45) is 8.55. The summed E-state index contributed by atoms with van der Waals surface area (Å²) in [5.41, 5.74) is 2.13. The van der Waals surface area contributed by atoms with Gasteiger partial charge in [0.15, 0.2) is 6.19 Å². The third kappa shape index (κ3) is 4.11. The Labute approximate surface area is 77.8 Å². The van der Waals surface area contributed by atoms with Crippen LogP contribution in [0, 0.1) is 11.5 Å². The molecule has 0 spiro atoms. The van der Waals surface area contributed by atoms with Crippen molar-refractivity contribution in [3.05, 3.63) is 0 Å². The number of piperidine rings is 1. The third-order valence-corrected chi connectivity index (χ3v) is 1.86. The number of rotatable bonds is 3. The van der Waals surface area contributed by atoms with Crippen LogP contribution in [0.15, 0.2) is 10.1 Å². The lowest BCUT2D eigenvalue weighted by Gasteiger charge is -2.23. The average Bonchev–Trinajstić information content (AvgIpc) is 2.19. The fourth-order valence-corrected chi connectivity index (χ4v) is 1.25. The maximum Gasteiger partial charge on any atom is 0.198 e. The van der Waals surface area contributed by atoms with Crippen LogP contribution in [0.25, 0.3) is 0 Å². The van der Waals surface area contributed by atoms with Crippen molar-refractivity contribution in [2.75, 3.05) is 13.1 Å². The summed E-state index contributed by atoms with van der Waals surface area (Å²) in [4.78, 5) is 6.08. The number of likely N-dealkylation sites (tertiary alicyclic amines) is 1. The number of aliphatic imine (C=N–C) groups is 1. The molecular formula is C8H13N5. The topological polar surface area (TPSA) is 63.8 Å². The van der Waals surface area contributed by atoms with Crippen molar-refractivity contribution in [1.29, 1.82) is 5.26 Å². The van der Waals surface area contributed by atoms with Crippen LogP contribution in [0.5, 0.6) is 0 Å². The van der Waals surface area contributed by atoms with Crippen molar-refractivity contribution in [1.82, 2.24) is 10.3 Å². The molecule has 0 aliphatic carbocycles. The SMILES string of the molecule is N#CN/N=C/N=CN1CCCCC1. The molecule has 1 heterocycles. The minimum Gasteiger partial charge on any atom is -0.363 e. The van der Waals surface area contributed by atoms with Gasteiger partial charge in [-0.15, -0.1) is 0 Å². The van der Waals surface area contributed by atoms with Crippen molar-refractivity contribution < 1.29 is 0 Å². The lowest BCUT2D eigenvalue weighted by molar-refractivity contribution is 0.351. The smallest absolute Gasteiger partial charge is 0.198 e. The van der Waals surface area contributed by atoms with Crippen LogP contribution in [0.4, 0.5) is 0 Å². The van der Waals surface area contributed by atoms with E-state index in [9.17, 15) is 0 Å². The van der Waals surface area contributed by atoms with E-state index in [0.717, 1.165) is 13.1 Å². The zero-order chi connectivity index (χ0) is 9.36. The summed E-state index contributed by atoms with van der Waals surface area (Å²) in [7, 11) is 0. The molecule has 1 aliphatic heterocycles. The molecule has 0 bridgehead atoms. The van der Waals surface area contributed by atoms with E-state index in [1.54, 1.807) is 12.5 Å². The van der Waals surface area contributed by atoms with Crippen molar-refractivity contribution >= 4 is 12.7 Å². The zero-order valence-corrected chi connectivity index (χ0v) is 7.48. The predicted octanol–water partition coefficient (Wildman–Crippen LogP) is 0.515. The average molecular weight is 179 g/mol. The number of nitriles is 1. The molecular weight excluding hydrogens is 166 g/mol. The second-order valence-corrected chi connectivity index (χ2v) is 2.83. The molecule has 0 amide bonds. The van der Waals surface area contributed by atoms with Crippen molar-refractivity contribution in [3.8, 4) is 6.19 Å². The van der Waals surface area contributed by atoms with Crippen LogP contribution in [-0.2, 0) is 0 Å². The van der Waals surface area contributed by atoms with Crippen LogP contribution in [0.2, 0.25) is 0 Å². The van der Waals surface area contributed by atoms with E-state index in [0.29, 0.717) is 0 Å². The number of nitrogens with zero attached hydrogens (tertiary/aromatic N) is 4. The minimum absolute atomic E-state index is 1.07. The Hall–Kier alpha value is -1.57. The Morgan fingerprint density at radius 2 is 2.08 bits per heavy atom. The zero-order valence-electron chi connectivity index (χ0n) is 7.48. The highest BCUT2D eigenvalue weighted by molar-refractivity contribution is 5.70. The van der Waals surface area contributed by atoms with E-state index < -0.39 is 0 Å². The Kier molecular flexibility index (Phi) is 4.39. The molecule has 1 saturated heterocycles. The summed E-state index contributed by atoms with van der Waals surface area (Å²) in [6, 6.07) is 0. The Balaban J connectivity index is 2.18. The van der Waals surface area contributed by atoms with Crippen molar-refractivity contribution in [3.63, 3.8) is 0 Å². The van der Waals surface area contributed by atoms with E-state index in [1.165, 1.54) is 25.6 Å². The fraction of sp³-hybridized carbons (Fsp3) is 0.625. The minimum atomic E-state index is 1.07. The molecule has 0 saturated carbocycles. The molecule has 0 atom stereocenters. The van der Waals surface area contributed by atoms with E-state index in [2.05, 4.69) is 20.4 Å². The fourth-order valence-electron chi connectivity index (χ4n) is 1.25. The van der Waals surface area contributed by atoms with Crippen LogP contribution in [0.1, 0.15) is 19.3 Å². The highest BCUT2D eigenvalue weighted by atomic mass is 15.3. The van der Waals surface area contributed by atoms with Gasteiger partial charge in [-0.25, -0.2) is 10.4 Å². The van der Waals surface area contributed by atoms with Gasteiger partial charge in [-0.2, -0.15) is 10.4 Å². The van der Waals surface area contributed by atoms with Crippen molar-refractivity contribution in [2.45, 2.75) is 19.3 Å². The van der Waals surface area contributed by atoms with Gasteiger partial charge in [-0.05, 0) is 19.3 Å². The van der Waals surface area contributed by atoms with Gasteiger partial charge in [0.05, 0.1) is 6.34 Å². The monoisotopic (exact) mass is 179 g/mol. The molecule has 1 N–H and O–H groups in total. The first-order valence-corrected chi connectivity index (χ1v) is 4.36. The second-order valence-electron chi connectivity index (χ2n) is 2.83. The van der Waals surface area contributed by atoms with Gasteiger partial charge in [0.2, 0.25) is 0 Å². The largest absolute Gasteiger partial charge is 0.363 e. The molecule has 0 aromatic carbocycles. The number of hydrazone groups is 1. The van der Waals surface area contributed by atoms with Crippen LogP contribution in [0.3, 0.4) is 0 Å². The third-order valence-electron chi connectivity index (χ3n) is 1.86. The van der Waals surface area contributed by atoms with Gasteiger partial charge < -0.3 is 4.90 Å². The first kappa shape index (κ1) is 9.52. The predicted molar refractivity (Wildman–Crippen MR) is 51.2 cm³/mol. The highest BCUT2D eigenvalue weighted by Crippen LogP contribution is 2.05. The van der Waals surface area contributed by atoms with E-state index in [-0.39, 0.29) is 0 Å². The number of hydrogen-bond acceptors (Lipinski definition) is 3. The molecule has 0 aromatic rings. The summed E-state index contributed by atoms with van der Waals surface area (Å²) in [5.74, 6) is 0. The highest BCUT2D eigenvalue weighted by Gasteiger charge is 2.04. The summed E-state index contributed by atoms with van der Waals surface area (Å²) in [5, 5.41) is 11.6. The summed E-state index contributed by atoms with van der Waals surface area (Å²) < 4.78 is 0.